The maximum atomic E-state index is 12.3. The number of amides is 1. The predicted octanol–water partition coefficient (Wildman–Crippen LogP) is 3.50. The molecule has 0 saturated heterocycles. The smallest absolute Gasteiger partial charge is 0.270 e. The molecule has 0 aliphatic rings. The number of nitro groups is 1. The lowest BCUT2D eigenvalue weighted by Crippen LogP contribution is -2.26. The molecule has 0 saturated carbocycles. The van der Waals surface area contributed by atoms with Crippen LogP contribution in [0.3, 0.4) is 0 Å². The molecule has 0 aromatic heterocycles. The fourth-order valence-corrected chi connectivity index (χ4v) is 2.44. The SMILES string of the molecule is COc1ccc([N+](=O)[O-])cc1C(=O)NCCCOC(C)c1ccccc1. The van der Waals surface area contributed by atoms with Crippen molar-refractivity contribution in [1.82, 2.24) is 5.32 Å². The maximum absolute atomic E-state index is 12.3. The Morgan fingerprint density at radius 2 is 1.96 bits per heavy atom. The molecule has 2 aromatic carbocycles. The number of non-ortho nitro benzene ring substituents is 1. The number of nitrogens with zero attached hydrogens (tertiary/aromatic N) is 1. The van der Waals surface area contributed by atoms with Crippen LogP contribution in [0.25, 0.3) is 0 Å². The molecule has 0 heterocycles. The van der Waals surface area contributed by atoms with E-state index in [1.807, 2.05) is 37.3 Å². The van der Waals surface area contributed by atoms with Gasteiger partial charge < -0.3 is 14.8 Å². The van der Waals surface area contributed by atoms with E-state index in [4.69, 9.17) is 9.47 Å². The van der Waals surface area contributed by atoms with Crippen molar-refractivity contribution in [1.29, 1.82) is 0 Å². The minimum absolute atomic E-state index is 0.0243. The van der Waals surface area contributed by atoms with Crippen molar-refractivity contribution < 1.29 is 19.2 Å². The zero-order chi connectivity index (χ0) is 18.9. The average molecular weight is 358 g/mol. The van der Waals surface area contributed by atoms with E-state index >= 15 is 0 Å². The summed E-state index contributed by atoms with van der Waals surface area (Å²) in [6.45, 7) is 2.86. The highest BCUT2D eigenvalue weighted by molar-refractivity contribution is 5.97. The third-order valence-electron chi connectivity index (χ3n) is 3.88. The third kappa shape index (κ3) is 5.29. The number of carbonyl (C=O) groups is 1. The summed E-state index contributed by atoms with van der Waals surface area (Å²) in [5.41, 5.74) is 1.08. The number of benzene rings is 2. The Morgan fingerprint density at radius 1 is 1.23 bits per heavy atom. The first kappa shape index (κ1) is 19.4. The Bertz CT molecular complexity index is 749. The van der Waals surface area contributed by atoms with Crippen molar-refractivity contribution in [2.45, 2.75) is 19.4 Å². The number of rotatable bonds is 9. The number of carbonyl (C=O) groups excluding carboxylic acids is 1. The van der Waals surface area contributed by atoms with E-state index in [2.05, 4.69) is 5.32 Å². The summed E-state index contributed by atoms with van der Waals surface area (Å²) in [5, 5.41) is 13.6. The van der Waals surface area contributed by atoms with E-state index in [1.54, 1.807) is 0 Å². The van der Waals surface area contributed by atoms with Gasteiger partial charge in [0.15, 0.2) is 0 Å². The molecule has 7 nitrogen and oxygen atoms in total. The van der Waals surface area contributed by atoms with Gasteiger partial charge in [0.05, 0.1) is 23.7 Å². The molecule has 0 spiro atoms. The van der Waals surface area contributed by atoms with Gasteiger partial charge in [0, 0.05) is 25.3 Å². The lowest BCUT2D eigenvalue weighted by molar-refractivity contribution is -0.384. The molecule has 1 amide bonds. The zero-order valence-corrected chi connectivity index (χ0v) is 14.8. The summed E-state index contributed by atoms with van der Waals surface area (Å²) in [7, 11) is 1.41. The molecule has 1 N–H and O–H groups in total. The molecule has 0 fully saturated rings. The highest BCUT2D eigenvalue weighted by atomic mass is 16.6. The Balaban J connectivity index is 1.82. The molecule has 1 unspecified atom stereocenters. The van der Waals surface area contributed by atoms with E-state index in [0.717, 1.165) is 5.56 Å². The third-order valence-corrected chi connectivity index (χ3v) is 3.88. The summed E-state index contributed by atoms with van der Waals surface area (Å²) in [5.74, 6) is -0.122. The van der Waals surface area contributed by atoms with Gasteiger partial charge in [-0.25, -0.2) is 0 Å². The first-order valence-corrected chi connectivity index (χ1v) is 8.30. The maximum Gasteiger partial charge on any atom is 0.270 e. The van der Waals surface area contributed by atoms with E-state index in [0.29, 0.717) is 25.3 Å². The Labute approximate surface area is 152 Å². The molecule has 7 heteroatoms. The summed E-state index contributed by atoms with van der Waals surface area (Å²) >= 11 is 0. The molecular formula is C19H22N2O5. The first-order valence-electron chi connectivity index (χ1n) is 8.30. The monoisotopic (exact) mass is 358 g/mol. The molecule has 26 heavy (non-hydrogen) atoms. The summed E-state index contributed by atoms with van der Waals surface area (Å²) in [4.78, 5) is 22.6. The Kier molecular flexibility index (Phi) is 7.11. The second-order valence-electron chi connectivity index (χ2n) is 5.67. The Morgan fingerprint density at radius 3 is 2.62 bits per heavy atom. The molecule has 1 atom stereocenters. The molecule has 0 aliphatic carbocycles. The quantitative estimate of drug-likeness (QED) is 0.421. The van der Waals surface area contributed by atoms with Crippen LogP contribution in [0.2, 0.25) is 0 Å². The molecular weight excluding hydrogens is 336 g/mol. The van der Waals surface area contributed by atoms with Crippen LogP contribution in [0.15, 0.2) is 48.5 Å². The minimum atomic E-state index is -0.547. The van der Waals surface area contributed by atoms with Crippen LogP contribution in [-0.4, -0.2) is 31.1 Å². The van der Waals surface area contributed by atoms with Gasteiger partial charge in [-0.05, 0) is 25.0 Å². The van der Waals surface area contributed by atoms with Gasteiger partial charge in [0.1, 0.15) is 5.75 Å². The predicted molar refractivity (Wildman–Crippen MR) is 97.4 cm³/mol. The lowest BCUT2D eigenvalue weighted by atomic mass is 10.1. The van der Waals surface area contributed by atoms with E-state index < -0.39 is 10.8 Å². The number of hydrogen-bond donors (Lipinski definition) is 1. The number of hydrogen-bond acceptors (Lipinski definition) is 5. The minimum Gasteiger partial charge on any atom is -0.496 e. The molecule has 0 aliphatic heterocycles. The summed E-state index contributed by atoms with van der Waals surface area (Å²) < 4.78 is 10.8. The standard InChI is InChI=1S/C19H22N2O5/c1-14(15-7-4-3-5-8-15)26-12-6-11-20-19(22)17-13-16(21(23)24)9-10-18(17)25-2/h3-5,7-10,13-14H,6,11-12H2,1-2H3,(H,20,22). The van der Waals surface area contributed by atoms with Crippen molar-refractivity contribution >= 4 is 11.6 Å². The fraction of sp³-hybridized carbons (Fsp3) is 0.316. The van der Waals surface area contributed by atoms with Gasteiger partial charge in [0.25, 0.3) is 11.6 Å². The van der Waals surface area contributed by atoms with Crippen molar-refractivity contribution in [3.8, 4) is 5.75 Å². The number of methoxy groups -OCH3 is 1. The van der Waals surface area contributed by atoms with Gasteiger partial charge in [-0.1, -0.05) is 30.3 Å². The van der Waals surface area contributed by atoms with Crippen molar-refractivity contribution in [3.63, 3.8) is 0 Å². The van der Waals surface area contributed by atoms with E-state index in [-0.39, 0.29) is 17.4 Å². The van der Waals surface area contributed by atoms with Crippen LogP contribution in [0, 0.1) is 10.1 Å². The van der Waals surface area contributed by atoms with Crippen LogP contribution in [0.5, 0.6) is 5.75 Å². The van der Waals surface area contributed by atoms with Gasteiger partial charge in [-0.15, -0.1) is 0 Å². The number of ether oxygens (including phenoxy) is 2. The first-order chi connectivity index (χ1) is 12.5. The molecule has 2 aromatic rings. The molecule has 0 bridgehead atoms. The number of nitrogens with one attached hydrogen (secondary N) is 1. The zero-order valence-electron chi connectivity index (χ0n) is 14.8. The van der Waals surface area contributed by atoms with Crippen LogP contribution >= 0.6 is 0 Å². The van der Waals surface area contributed by atoms with Crippen molar-refractivity contribution in [2.75, 3.05) is 20.3 Å². The highest BCUT2D eigenvalue weighted by Crippen LogP contribution is 2.23. The fourth-order valence-electron chi connectivity index (χ4n) is 2.44. The normalized spacial score (nSPS) is 11.6. The van der Waals surface area contributed by atoms with Crippen LogP contribution in [0.1, 0.15) is 35.4 Å². The van der Waals surface area contributed by atoms with Crippen molar-refractivity contribution in [2.24, 2.45) is 0 Å². The van der Waals surface area contributed by atoms with Crippen LogP contribution < -0.4 is 10.1 Å². The van der Waals surface area contributed by atoms with E-state index in [9.17, 15) is 14.9 Å². The largest absolute Gasteiger partial charge is 0.496 e. The van der Waals surface area contributed by atoms with Gasteiger partial charge in [-0.2, -0.15) is 0 Å². The summed E-state index contributed by atoms with van der Waals surface area (Å²) in [6, 6.07) is 13.8. The molecule has 2 rings (SSSR count). The van der Waals surface area contributed by atoms with Gasteiger partial charge in [-0.3, -0.25) is 14.9 Å². The lowest BCUT2D eigenvalue weighted by Gasteiger charge is -2.14. The molecule has 138 valence electrons. The number of nitro benzene ring substituents is 1. The molecule has 0 radical (unpaired) electrons. The highest BCUT2D eigenvalue weighted by Gasteiger charge is 2.17. The van der Waals surface area contributed by atoms with Crippen LogP contribution in [-0.2, 0) is 4.74 Å². The van der Waals surface area contributed by atoms with E-state index in [1.165, 1.54) is 25.3 Å². The average Bonchev–Trinajstić information content (AvgIpc) is 2.67. The summed E-state index contributed by atoms with van der Waals surface area (Å²) in [6.07, 6.45) is 0.601. The van der Waals surface area contributed by atoms with Gasteiger partial charge in [0.2, 0.25) is 0 Å². The second kappa shape index (κ2) is 9.53. The van der Waals surface area contributed by atoms with Gasteiger partial charge >= 0.3 is 0 Å². The second-order valence-corrected chi connectivity index (χ2v) is 5.67. The van der Waals surface area contributed by atoms with Crippen LogP contribution in [0.4, 0.5) is 5.69 Å². The Hall–Kier alpha value is -2.93. The topological polar surface area (TPSA) is 90.7 Å². The van der Waals surface area contributed by atoms with Crippen molar-refractivity contribution in [3.05, 3.63) is 69.8 Å².